The Morgan fingerprint density at radius 1 is 1.11 bits per heavy atom. The van der Waals surface area contributed by atoms with Gasteiger partial charge in [0.25, 0.3) is 0 Å². The highest BCUT2D eigenvalue weighted by Gasteiger charge is 2.08. The summed E-state index contributed by atoms with van der Waals surface area (Å²) in [5, 5.41) is 0. The molecule has 28 heavy (non-hydrogen) atoms. The average Bonchev–Trinajstić information content (AvgIpc) is 2.73. The molecule has 142 valence electrons. The van der Waals surface area contributed by atoms with Gasteiger partial charge in [-0.15, -0.1) is 0 Å². The van der Waals surface area contributed by atoms with Gasteiger partial charge in [-0.25, -0.2) is 4.39 Å². The first-order valence-corrected chi connectivity index (χ1v) is 8.90. The van der Waals surface area contributed by atoms with Gasteiger partial charge in [-0.1, -0.05) is 36.4 Å². The number of likely N-dealkylation sites (N-methyl/N-ethyl adjacent to an activating group) is 1. The molecule has 1 amide bonds. The quantitative estimate of drug-likeness (QED) is 0.571. The van der Waals surface area contributed by atoms with E-state index in [4.69, 9.17) is 4.74 Å². The number of pyridine rings is 1. The predicted octanol–water partition coefficient (Wildman–Crippen LogP) is 4.47. The van der Waals surface area contributed by atoms with Crippen LogP contribution in [0.3, 0.4) is 0 Å². The van der Waals surface area contributed by atoms with Crippen molar-refractivity contribution in [2.24, 2.45) is 0 Å². The summed E-state index contributed by atoms with van der Waals surface area (Å²) in [4.78, 5) is 17.8. The normalized spacial score (nSPS) is 10.8. The van der Waals surface area contributed by atoms with Crippen molar-refractivity contribution in [3.63, 3.8) is 0 Å². The Bertz CT molecular complexity index is 940. The van der Waals surface area contributed by atoms with Crippen LogP contribution in [0.4, 0.5) is 4.39 Å². The summed E-state index contributed by atoms with van der Waals surface area (Å²) in [5.74, 6) is 0.233. The first-order valence-electron chi connectivity index (χ1n) is 8.90. The Balaban J connectivity index is 1.53. The number of benzene rings is 2. The van der Waals surface area contributed by atoms with E-state index in [-0.39, 0.29) is 18.3 Å². The monoisotopic (exact) mass is 376 g/mol. The van der Waals surface area contributed by atoms with Gasteiger partial charge in [-0.2, -0.15) is 0 Å². The predicted molar refractivity (Wildman–Crippen MR) is 107 cm³/mol. The molecule has 1 heterocycles. The number of hydrogen-bond donors (Lipinski definition) is 0. The Morgan fingerprint density at radius 3 is 2.61 bits per heavy atom. The van der Waals surface area contributed by atoms with Crippen LogP contribution < -0.4 is 4.74 Å². The minimum absolute atomic E-state index is 0.194. The van der Waals surface area contributed by atoms with Crippen molar-refractivity contribution in [3.8, 4) is 5.75 Å². The second kappa shape index (κ2) is 9.46. The Labute approximate surface area is 163 Å². The molecule has 1 aromatic heterocycles. The highest BCUT2D eigenvalue weighted by atomic mass is 19.1. The van der Waals surface area contributed by atoms with E-state index in [0.717, 1.165) is 16.9 Å². The third-order valence-corrected chi connectivity index (χ3v) is 4.17. The van der Waals surface area contributed by atoms with E-state index >= 15 is 0 Å². The molecule has 0 spiro atoms. The van der Waals surface area contributed by atoms with Crippen LogP contribution in [0.2, 0.25) is 0 Å². The van der Waals surface area contributed by atoms with Crippen LogP contribution in [0.5, 0.6) is 5.75 Å². The number of ether oxygens (including phenoxy) is 1. The van der Waals surface area contributed by atoms with Crippen LogP contribution in [-0.2, 0) is 17.9 Å². The van der Waals surface area contributed by atoms with E-state index in [9.17, 15) is 9.18 Å². The van der Waals surface area contributed by atoms with Crippen molar-refractivity contribution in [3.05, 3.63) is 102 Å². The third-order valence-electron chi connectivity index (χ3n) is 4.17. The molecule has 2 aromatic carbocycles. The highest BCUT2D eigenvalue weighted by Crippen LogP contribution is 2.15. The number of aromatic nitrogens is 1. The molecule has 0 aliphatic rings. The topological polar surface area (TPSA) is 42.4 Å². The largest absolute Gasteiger partial charge is 0.489 e. The fraction of sp³-hybridized carbons (Fsp3) is 0.130. The van der Waals surface area contributed by atoms with E-state index in [1.54, 1.807) is 43.7 Å². The molecule has 0 atom stereocenters. The Kier molecular flexibility index (Phi) is 6.52. The number of hydrogen-bond acceptors (Lipinski definition) is 3. The van der Waals surface area contributed by atoms with Crippen molar-refractivity contribution < 1.29 is 13.9 Å². The van der Waals surface area contributed by atoms with Gasteiger partial charge in [-0.05, 0) is 35.9 Å². The molecule has 0 aliphatic carbocycles. The fourth-order valence-electron chi connectivity index (χ4n) is 2.58. The standard InChI is InChI=1S/C23H21FN2O2/c1-26(16-20-6-2-3-7-22(20)24)23(27)13-10-18-8-11-21(12-9-18)28-17-19-5-4-14-25-15-19/h2-15H,16-17H2,1H3/b13-10+. The molecule has 0 bridgehead atoms. The molecule has 0 saturated carbocycles. The van der Waals surface area contributed by atoms with Gasteiger partial charge >= 0.3 is 0 Å². The molecule has 3 rings (SSSR count). The number of nitrogens with zero attached hydrogens (tertiary/aromatic N) is 2. The molecule has 0 radical (unpaired) electrons. The van der Waals surface area contributed by atoms with Gasteiger partial charge < -0.3 is 9.64 Å². The zero-order chi connectivity index (χ0) is 19.8. The van der Waals surface area contributed by atoms with E-state index in [1.807, 2.05) is 36.4 Å². The fourth-order valence-corrected chi connectivity index (χ4v) is 2.58. The molecular formula is C23H21FN2O2. The number of halogens is 1. The molecular weight excluding hydrogens is 355 g/mol. The number of amides is 1. The summed E-state index contributed by atoms with van der Waals surface area (Å²) in [7, 11) is 1.65. The van der Waals surface area contributed by atoms with E-state index in [2.05, 4.69) is 4.98 Å². The van der Waals surface area contributed by atoms with Crippen LogP contribution in [0.25, 0.3) is 6.08 Å². The molecule has 0 fully saturated rings. The lowest BCUT2D eigenvalue weighted by molar-refractivity contribution is -0.125. The van der Waals surface area contributed by atoms with Crippen LogP contribution in [0.1, 0.15) is 16.7 Å². The van der Waals surface area contributed by atoms with Gasteiger partial charge in [0, 0.05) is 43.2 Å². The number of carbonyl (C=O) groups excluding carboxylic acids is 1. The summed E-state index contributed by atoms with van der Waals surface area (Å²) >= 11 is 0. The molecule has 0 saturated heterocycles. The summed E-state index contributed by atoms with van der Waals surface area (Å²) in [5.41, 5.74) is 2.36. The van der Waals surface area contributed by atoms with Gasteiger partial charge in [0.2, 0.25) is 5.91 Å². The van der Waals surface area contributed by atoms with Crippen molar-refractivity contribution in [1.29, 1.82) is 0 Å². The number of rotatable bonds is 7. The van der Waals surface area contributed by atoms with Crippen molar-refractivity contribution in [2.45, 2.75) is 13.2 Å². The van der Waals surface area contributed by atoms with Gasteiger partial charge in [0.15, 0.2) is 0 Å². The lowest BCUT2D eigenvalue weighted by Gasteiger charge is -2.15. The first kappa shape index (κ1) is 19.3. The maximum atomic E-state index is 13.7. The van der Waals surface area contributed by atoms with Crippen molar-refractivity contribution in [2.75, 3.05) is 7.05 Å². The average molecular weight is 376 g/mol. The molecule has 0 aliphatic heterocycles. The minimum Gasteiger partial charge on any atom is -0.489 e. The molecule has 4 nitrogen and oxygen atoms in total. The maximum absolute atomic E-state index is 13.7. The lowest BCUT2D eigenvalue weighted by atomic mass is 10.2. The second-order valence-electron chi connectivity index (χ2n) is 6.34. The number of carbonyl (C=O) groups is 1. The summed E-state index contributed by atoms with van der Waals surface area (Å²) in [6.45, 7) is 0.666. The van der Waals surface area contributed by atoms with E-state index in [0.29, 0.717) is 12.2 Å². The molecule has 3 aromatic rings. The zero-order valence-electron chi connectivity index (χ0n) is 15.6. The first-order chi connectivity index (χ1) is 13.6. The van der Waals surface area contributed by atoms with Crippen LogP contribution in [0, 0.1) is 5.82 Å². The lowest BCUT2D eigenvalue weighted by Crippen LogP contribution is -2.24. The summed E-state index contributed by atoms with van der Waals surface area (Å²) in [6.07, 6.45) is 6.69. The molecule has 5 heteroatoms. The smallest absolute Gasteiger partial charge is 0.246 e. The Hall–Kier alpha value is -3.47. The summed E-state index contributed by atoms with van der Waals surface area (Å²) in [6, 6.07) is 17.7. The van der Waals surface area contributed by atoms with Gasteiger partial charge in [-0.3, -0.25) is 9.78 Å². The second-order valence-corrected chi connectivity index (χ2v) is 6.34. The Morgan fingerprint density at radius 2 is 1.89 bits per heavy atom. The van der Waals surface area contributed by atoms with Crippen LogP contribution >= 0.6 is 0 Å². The maximum Gasteiger partial charge on any atom is 0.246 e. The van der Waals surface area contributed by atoms with E-state index < -0.39 is 0 Å². The van der Waals surface area contributed by atoms with Gasteiger partial charge in [0.05, 0.1) is 0 Å². The zero-order valence-corrected chi connectivity index (χ0v) is 15.6. The van der Waals surface area contributed by atoms with Crippen molar-refractivity contribution >= 4 is 12.0 Å². The van der Waals surface area contributed by atoms with Crippen LogP contribution in [0.15, 0.2) is 79.1 Å². The van der Waals surface area contributed by atoms with Gasteiger partial charge in [0.1, 0.15) is 18.2 Å². The van der Waals surface area contributed by atoms with Crippen molar-refractivity contribution in [1.82, 2.24) is 9.88 Å². The third kappa shape index (κ3) is 5.51. The minimum atomic E-state index is -0.312. The SMILES string of the molecule is CN(Cc1ccccc1F)C(=O)/C=C/c1ccc(OCc2cccnc2)cc1. The molecule has 0 N–H and O–H groups in total. The molecule has 0 unspecified atom stereocenters. The summed E-state index contributed by atoms with van der Waals surface area (Å²) < 4.78 is 19.4. The van der Waals surface area contributed by atoms with Crippen LogP contribution in [-0.4, -0.2) is 22.8 Å². The highest BCUT2D eigenvalue weighted by molar-refractivity contribution is 5.91. The van der Waals surface area contributed by atoms with E-state index in [1.165, 1.54) is 17.0 Å².